The van der Waals surface area contributed by atoms with Gasteiger partial charge in [0.05, 0.1) is 24.4 Å². The fourth-order valence-electron chi connectivity index (χ4n) is 4.27. The first-order chi connectivity index (χ1) is 18.5. The van der Waals surface area contributed by atoms with Crippen LogP contribution in [0.3, 0.4) is 0 Å². The average Bonchev–Trinajstić information content (AvgIpc) is 2.90. The number of anilines is 1. The molecular weight excluding hydrogens is 494 g/mol. The second-order valence-electron chi connectivity index (χ2n) is 11.2. The Morgan fingerprint density at radius 1 is 1.00 bits per heavy atom. The molecule has 0 bridgehead atoms. The van der Waals surface area contributed by atoms with Crippen molar-refractivity contribution in [2.75, 3.05) is 32.1 Å². The summed E-state index contributed by atoms with van der Waals surface area (Å²) < 4.78 is 5.51. The van der Waals surface area contributed by atoms with Crippen molar-refractivity contribution in [1.29, 1.82) is 0 Å². The van der Waals surface area contributed by atoms with Crippen molar-refractivity contribution in [2.45, 2.75) is 89.8 Å². The number of nitrogens with zero attached hydrogens (tertiary/aromatic N) is 1. The highest BCUT2D eigenvalue weighted by Gasteiger charge is 2.23. The maximum Gasteiger partial charge on any atom is 0.242 e. The first-order valence-electron chi connectivity index (χ1n) is 14.0. The molecule has 1 heterocycles. The third kappa shape index (κ3) is 10.3. The molecule has 10 nitrogen and oxygen atoms in total. The lowest BCUT2D eigenvalue weighted by Gasteiger charge is -2.22. The van der Waals surface area contributed by atoms with Gasteiger partial charge >= 0.3 is 0 Å². The molecule has 2 aromatic rings. The fraction of sp³-hybridized carbons (Fsp3) is 0.621. The van der Waals surface area contributed by atoms with Gasteiger partial charge in [-0.05, 0) is 70.7 Å². The van der Waals surface area contributed by atoms with Crippen LogP contribution in [0.5, 0.6) is 5.75 Å². The second-order valence-corrected chi connectivity index (χ2v) is 11.2. The van der Waals surface area contributed by atoms with Crippen LogP contribution in [0.4, 0.5) is 5.69 Å². The molecule has 9 N–H and O–H groups in total. The number of amides is 2. The summed E-state index contributed by atoms with van der Waals surface area (Å²) in [5.41, 5.74) is 19.9. The van der Waals surface area contributed by atoms with Crippen LogP contribution in [0.1, 0.15) is 71.9 Å². The van der Waals surface area contributed by atoms with E-state index in [2.05, 4.69) is 55.8 Å². The van der Waals surface area contributed by atoms with Gasteiger partial charge in [0.15, 0.2) is 0 Å². The molecule has 1 unspecified atom stereocenters. The van der Waals surface area contributed by atoms with E-state index in [-0.39, 0.29) is 23.3 Å². The monoisotopic (exact) mass is 543 g/mol. The van der Waals surface area contributed by atoms with Gasteiger partial charge in [0.2, 0.25) is 11.8 Å². The van der Waals surface area contributed by atoms with Crippen LogP contribution in [-0.4, -0.2) is 61.7 Å². The molecule has 0 saturated heterocycles. The number of fused-ring (bicyclic) bond motifs is 1. The highest BCUT2D eigenvalue weighted by Crippen LogP contribution is 2.31. The van der Waals surface area contributed by atoms with Crippen molar-refractivity contribution in [1.82, 2.24) is 15.6 Å². The van der Waals surface area contributed by atoms with Crippen LogP contribution in [0.2, 0.25) is 0 Å². The molecule has 2 rings (SSSR count). The standard InChI is InChI=1S/C29H49N7O3/c1-19(34-24-18-21(39-5)17-20-12-13-25(29(2,3)4)36-26(20)24)9-8-16-33-28(38)23(11-7-15-31)35-27(37)22(32)10-6-14-30/h12-13,17-19,22-23,34H,6-11,14-16,30-32H2,1-5H3,(H,33,38)(H,35,37)/t19?,22-,23-/m0/s1. The summed E-state index contributed by atoms with van der Waals surface area (Å²) in [5.74, 6) is 0.205. The maximum atomic E-state index is 12.8. The second kappa shape index (κ2) is 15.6. The summed E-state index contributed by atoms with van der Waals surface area (Å²) in [5, 5.41) is 10.3. The zero-order valence-corrected chi connectivity index (χ0v) is 24.3. The van der Waals surface area contributed by atoms with E-state index in [1.54, 1.807) is 7.11 Å². The topological polar surface area (TPSA) is 170 Å². The minimum Gasteiger partial charge on any atom is -0.497 e. The van der Waals surface area contributed by atoms with Crippen LogP contribution < -0.4 is 37.9 Å². The van der Waals surface area contributed by atoms with Crippen LogP contribution in [0, 0.1) is 0 Å². The molecule has 0 aliphatic rings. The van der Waals surface area contributed by atoms with Crippen LogP contribution in [-0.2, 0) is 15.0 Å². The Morgan fingerprint density at radius 3 is 2.33 bits per heavy atom. The summed E-state index contributed by atoms with van der Waals surface area (Å²) in [6, 6.07) is 6.90. The molecule has 0 radical (unpaired) electrons. The van der Waals surface area contributed by atoms with E-state index in [0.717, 1.165) is 40.9 Å². The van der Waals surface area contributed by atoms with Gasteiger partial charge in [-0.25, -0.2) is 0 Å². The summed E-state index contributed by atoms with van der Waals surface area (Å²) in [4.78, 5) is 30.2. The Labute approximate surface area is 233 Å². The fourth-order valence-corrected chi connectivity index (χ4v) is 4.27. The summed E-state index contributed by atoms with van der Waals surface area (Å²) in [6.45, 7) is 9.95. The lowest BCUT2D eigenvalue weighted by molar-refractivity contribution is -0.129. The molecular formula is C29H49N7O3. The molecule has 0 saturated carbocycles. The van der Waals surface area contributed by atoms with Gasteiger partial charge in [0.1, 0.15) is 11.8 Å². The minimum atomic E-state index is -0.685. The SMILES string of the molecule is COc1cc(NC(C)CCCNC(=O)[C@H](CCCN)NC(=O)[C@@H](N)CCCN)c2nc(C(C)(C)C)ccc2c1. The van der Waals surface area contributed by atoms with Crippen LogP contribution >= 0.6 is 0 Å². The number of methoxy groups -OCH3 is 1. The average molecular weight is 544 g/mol. The zero-order chi connectivity index (χ0) is 29.0. The van der Waals surface area contributed by atoms with Crippen molar-refractivity contribution in [3.63, 3.8) is 0 Å². The van der Waals surface area contributed by atoms with E-state index in [1.165, 1.54) is 0 Å². The predicted molar refractivity (Wildman–Crippen MR) is 159 cm³/mol. The number of benzene rings is 1. The molecule has 10 heteroatoms. The molecule has 1 aromatic carbocycles. The number of hydrogen-bond donors (Lipinski definition) is 6. The van der Waals surface area contributed by atoms with E-state index >= 15 is 0 Å². The molecule has 1 aromatic heterocycles. The Bertz CT molecular complexity index is 1070. The first kappa shape index (κ1) is 32.3. The predicted octanol–water partition coefficient (Wildman–Crippen LogP) is 2.53. The van der Waals surface area contributed by atoms with Gasteiger partial charge < -0.3 is 37.9 Å². The van der Waals surface area contributed by atoms with Crippen molar-refractivity contribution in [3.05, 3.63) is 30.0 Å². The van der Waals surface area contributed by atoms with Gasteiger partial charge in [0.25, 0.3) is 0 Å². The van der Waals surface area contributed by atoms with Crippen molar-refractivity contribution in [3.8, 4) is 5.75 Å². The Hall–Kier alpha value is -2.95. The number of ether oxygens (including phenoxy) is 1. The summed E-state index contributed by atoms with van der Waals surface area (Å²) in [7, 11) is 1.66. The van der Waals surface area contributed by atoms with Crippen LogP contribution in [0.15, 0.2) is 24.3 Å². The van der Waals surface area contributed by atoms with E-state index in [0.29, 0.717) is 45.3 Å². The van der Waals surface area contributed by atoms with E-state index < -0.39 is 12.1 Å². The number of nitrogens with two attached hydrogens (primary N) is 3. The Balaban J connectivity index is 1.96. The number of aromatic nitrogens is 1. The number of carbonyl (C=O) groups is 2. The number of carbonyl (C=O) groups excluding carboxylic acids is 2. The molecule has 218 valence electrons. The maximum absolute atomic E-state index is 12.8. The summed E-state index contributed by atoms with van der Waals surface area (Å²) in [6.07, 6.45) is 3.80. The number of pyridine rings is 1. The first-order valence-corrected chi connectivity index (χ1v) is 14.0. The Morgan fingerprint density at radius 2 is 1.69 bits per heavy atom. The normalized spacial score (nSPS) is 13.9. The molecule has 0 aliphatic heterocycles. The van der Waals surface area contributed by atoms with E-state index in [1.807, 2.05) is 12.1 Å². The van der Waals surface area contributed by atoms with Crippen molar-refractivity contribution in [2.24, 2.45) is 17.2 Å². The Kier molecular flexibility index (Phi) is 12.9. The summed E-state index contributed by atoms with van der Waals surface area (Å²) >= 11 is 0. The molecule has 0 spiro atoms. The quantitative estimate of drug-likeness (QED) is 0.175. The minimum absolute atomic E-state index is 0.0633. The smallest absolute Gasteiger partial charge is 0.242 e. The third-order valence-corrected chi connectivity index (χ3v) is 6.67. The van der Waals surface area contributed by atoms with Gasteiger partial charge in [0, 0.05) is 35.1 Å². The van der Waals surface area contributed by atoms with Gasteiger partial charge in [-0.15, -0.1) is 0 Å². The van der Waals surface area contributed by atoms with Gasteiger partial charge in [-0.3, -0.25) is 14.6 Å². The molecule has 0 fully saturated rings. The highest BCUT2D eigenvalue weighted by molar-refractivity contribution is 5.92. The largest absolute Gasteiger partial charge is 0.497 e. The number of rotatable bonds is 16. The molecule has 0 aliphatic carbocycles. The van der Waals surface area contributed by atoms with Crippen molar-refractivity contribution >= 4 is 28.4 Å². The van der Waals surface area contributed by atoms with Gasteiger partial charge in [-0.2, -0.15) is 0 Å². The molecule has 2 amide bonds. The molecule has 3 atom stereocenters. The third-order valence-electron chi connectivity index (χ3n) is 6.67. The van der Waals surface area contributed by atoms with E-state index in [9.17, 15) is 9.59 Å². The molecule has 39 heavy (non-hydrogen) atoms. The zero-order valence-electron chi connectivity index (χ0n) is 24.3. The number of nitrogens with one attached hydrogen (secondary N) is 3. The lowest BCUT2D eigenvalue weighted by atomic mass is 9.91. The van der Waals surface area contributed by atoms with E-state index in [4.69, 9.17) is 26.9 Å². The van der Waals surface area contributed by atoms with Crippen LogP contribution in [0.25, 0.3) is 10.9 Å². The number of hydrogen-bond acceptors (Lipinski definition) is 8. The van der Waals surface area contributed by atoms with Gasteiger partial charge in [-0.1, -0.05) is 26.8 Å². The highest BCUT2D eigenvalue weighted by atomic mass is 16.5. The van der Waals surface area contributed by atoms with Crippen molar-refractivity contribution < 1.29 is 14.3 Å². The lowest BCUT2D eigenvalue weighted by Crippen LogP contribution is -2.52.